The van der Waals surface area contributed by atoms with Crippen LogP contribution in [0.1, 0.15) is 26.7 Å². The third-order valence-electron chi connectivity index (χ3n) is 2.64. The van der Waals surface area contributed by atoms with Gasteiger partial charge in [0.25, 0.3) is 0 Å². The Hall–Kier alpha value is -0.120. The Kier molecular flexibility index (Phi) is 6.15. The second-order valence-corrected chi connectivity index (χ2v) is 4.09. The second kappa shape index (κ2) is 7.21. The van der Waals surface area contributed by atoms with E-state index in [4.69, 9.17) is 4.74 Å². The molecule has 1 atom stereocenters. The SMILES string of the molecule is CCCCNCCN1CCOC(C)C1. The Labute approximate surface area is 87.8 Å². The van der Waals surface area contributed by atoms with Gasteiger partial charge in [0.15, 0.2) is 0 Å². The van der Waals surface area contributed by atoms with Crippen molar-refractivity contribution in [2.75, 3.05) is 39.3 Å². The van der Waals surface area contributed by atoms with Gasteiger partial charge in [-0.25, -0.2) is 0 Å². The van der Waals surface area contributed by atoms with E-state index in [0.717, 1.165) is 39.3 Å². The fourth-order valence-electron chi connectivity index (χ4n) is 1.76. The van der Waals surface area contributed by atoms with E-state index in [9.17, 15) is 0 Å². The Morgan fingerprint density at radius 1 is 1.43 bits per heavy atom. The predicted molar refractivity (Wildman–Crippen MR) is 59.6 cm³/mol. The van der Waals surface area contributed by atoms with E-state index in [1.54, 1.807) is 0 Å². The third kappa shape index (κ3) is 4.94. The highest BCUT2D eigenvalue weighted by Gasteiger charge is 2.15. The predicted octanol–water partition coefficient (Wildman–Crippen LogP) is 1.10. The van der Waals surface area contributed by atoms with Gasteiger partial charge in [0, 0.05) is 26.2 Å². The van der Waals surface area contributed by atoms with Crippen molar-refractivity contribution in [3.8, 4) is 0 Å². The number of hydrogen-bond donors (Lipinski definition) is 1. The lowest BCUT2D eigenvalue weighted by Crippen LogP contribution is -2.43. The minimum Gasteiger partial charge on any atom is -0.376 e. The van der Waals surface area contributed by atoms with Crippen molar-refractivity contribution in [1.29, 1.82) is 0 Å². The van der Waals surface area contributed by atoms with Crippen LogP contribution >= 0.6 is 0 Å². The van der Waals surface area contributed by atoms with Crippen LogP contribution in [-0.4, -0.2) is 50.3 Å². The molecule has 0 aromatic heterocycles. The van der Waals surface area contributed by atoms with Crippen molar-refractivity contribution >= 4 is 0 Å². The molecule has 3 heteroatoms. The van der Waals surface area contributed by atoms with Crippen LogP contribution in [0, 0.1) is 0 Å². The number of ether oxygens (including phenoxy) is 1. The standard InChI is InChI=1S/C11H24N2O/c1-3-4-5-12-6-7-13-8-9-14-11(2)10-13/h11-12H,3-10H2,1-2H3. The topological polar surface area (TPSA) is 24.5 Å². The number of morpholine rings is 1. The second-order valence-electron chi connectivity index (χ2n) is 4.09. The van der Waals surface area contributed by atoms with Gasteiger partial charge in [-0.15, -0.1) is 0 Å². The van der Waals surface area contributed by atoms with Gasteiger partial charge in [-0.2, -0.15) is 0 Å². The molecule has 84 valence electrons. The zero-order valence-electron chi connectivity index (χ0n) is 9.59. The van der Waals surface area contributed by atoms with Crippen molar-refractivity contribution in [3.05, 3.63) is 0 Å². The molecule has 1 N–H and O–H groups in total. The molecule has 1 aliphatic heterocycles. The highest BCUT2D eigenvalue weighted by atomic mass is 16.5. The van der Waals surface area contributed by atoms with Gasteiger partial charge in [-0.3, -0.25) is 4.90 Å². The average molecular weight is 200 g/mol. The summed E-state index contributed by atoms with van der Waals surface area (Å²) in [5, 5.41) is 3.47. The molecular formula is C11H24N2O. The van der Waals surface area contributed by atoms with Gasteiger partial charge in [0.2, 0.25) is 0 Å². The Balaban J connectivity index is 1.95. The highest BCUT2D eigenvalue weighted by Crippen LogP contribution is 2.02. The summed E-state index contributed by atoms with van der Waals surface area (Å²) in [6, 6.07) is 0. The molecule has 1 rings (SSSR count). The molecule has 1 aliphatic rings. The van der Waals surface area contributed by atoms with E-state index in [1.165, 1.54) is 12.8 Å². The molecule has 1 unspecified atom stereocenters. The van der Waals surface area contributed by atoms with Gasteiger partial charge in [-0.05, 0) is 19.9 Å². The van der Waals surface area contributed by atoms with Crippen LogP contribution in [-0.2, 0) is 4.74 Å². The summed E-state index contributed by atoms with van der Waals surface area (Å²) in [4.78, 5) is 2.48. The summed E-state index contributed by atoms with van der Waals surface area (Å²) in [6.45, 7) is 10.9. The molecule has 0 saturated carbocycles. The maximum absolute atomic E-state index is 5.49. The van der Waals surface area contributed by atoms with E-state index in [0.29, 0.717) is 6.10 Å². The first-order valence-corrected chi connectivity index (χ1v) is 5.87. The number of hydrogen-bond acceptors (Lipinski definition) is 3. The zero-order valence-corrected chi connectivity index (χ0v) is 9.59. The van der Waals surface area contributed by atoms with Crippen molar-refractivity contribution in [3.63, 3.8) is 0 Å². The smallest absolute Gasteiger partial charge is 0.0674 e. The summed E-state index contributed by atoms with van der Waals surface area (Å²) in [6.07, 6.45) is 2.99. The van der Waals surface area contributed by atoms with E-state index in [-0.39, 0.29) is 0 Å². The van der Waals surface area contributed by atoms with E-state index < -0.39 is 0 Å². The fourth-order valence-corrected chi connectivity index (χ4v) is 1.76. The number of nitrogens with one attached hydrogen (secondary N) is 1. The summed E-state index contributed by atoms with van der Waals surface area (Å²) in [5.41, 5.74) is 0. The summed E-state index contributed by atoms with van der Waals surface area (Å²) >= 11 is 0. The number of unbranched alkanes of at least 4 members (excludes halogenated alkanes) is 1. The number of rotatable bonds is 6. The van der Waals surface area contributed by atoms with Crippen molar-refractivity contribution in [2.24, 2.45) is 0 Å². The molecule has 0 radical (unpaired) electrons. The summed E-state index contributed by atoms with van der Waals surface area (Å²) in [7, 11) is 0. The van der Waals surface area contributed by atoms with E-state index >= 15 is 0 Å². The van der Waals surface area contributed by atoms with Crippen molar-refractivity contribution in [1.82, 2.24) is 10.2 Å². The maximum Gasteiger partial charge on any atom is 0.0674 e. The first-order valence-electron chi connectivity index (χ1n) is 5.87. The Morgan fingerprint density at radius 3 is 3.00 bits per heavy atom. The molecule has 1 fully saturated rings. The lowest BCUT2D eigenvalue weighted by atomic mass is 10.3. The van der Waals surface area contributed by atoms with Crippen LogP contribution in [0.3, 0.4) is 0 Å². The van der Waals surface area contributed by atoms with Crippen LogP contribution in [0.2, 0.25) is 0 Å². The Bertz CT molecular complexity index is 141. The van der Waals surface area contributed by atoms with Crippen LogP contribution in [0.5, 0.6) is 0 Å². The van der Waals surface area contributed by atoms with E-state index in [2.05, 4.69) is 24.1 Å². The van der Waals surface area contributed by atoms with Crippen LogP contribution in [0.25, 0.3) is 0 Å². The molecule has 14 heavy (non-hydrogen) atoms. The first-order chi connectivity index (χ1) is 6.83. The van der Waals surface area contributed by atoms with Gasteiger partial charge in [0.05, 0.1) is 12.7 Å². The minimum atomic E-state index is 0.416. The monoisotopic (exact) mass is 200 g/mol. The van der Waals surface area contributed by atoms with Crippen LogP contribution in [0.4, 0.5) is 0 Å². The van der Waals surface area contributed by atoms with Gasteiger partial charge in [-0.1, -0.05) is 13.3 Å². The molecule has 1 saturated heterocycles. The maximum atomic E-state index is 5.49. The molecule has 0 amide bonds. The lowest BCUT2D eigenvalue weighted by molar-refractivity contribution is -0.0176. The quantitative estimate of drug-likeness (QED) is 0.650. The fraction of sp³-hybridized carbons (Fsp3) is 1.00. The summed E-state index contributed by atoms with van der Waals surface area (Å²) < 4.78 is 5.49. The molecule has 0 spiro atoms. The molecule has 0 aromatic carbocycles. The number of nitrogens with zero attached hydrogens (tertiary/aromatic N) is 1. The minimum absolute atomic E-state index is 0.416. The average Bonchev–Trinajstić information content (AvgIpc) is 2.18. The van der Waals surface area contributed by atoms with Gasteiger partial charge < -0.3 is 10.1 Å². The van der Waals surface area contributed by atoms with E-state index in [1.807, 2.05) is 0 Å². The molecule has 1 heterocycles. The van der Waals surface area contributed by atoms with Crippen LogP contribution < -0.4 is 5.32 Å². The largest absolute Gasteiger partial charge is 0.376 e. The molecule has 0 bridgehead atoms. The van der Waals surface area contributed by atoms with Crippen molar-refractivity contribution < 1.29 is 4.74 Å². The highest BCUT2D eigenvalue weighted by molar-refractivity contribution is 4.68. The van der Waals surface area contributed by atoms with Crippen LogP contribution in [0.15, 0.2) is 0 Å². The zero-order chi connectivity index (χ0) is 10.2. The van der Waals surface area contributed by atoms with Gasteiger partial charge in [0.1, 0.15) is 0 Å². The molecule has 0 aliphatic carbocycles. The Morgan fingerprint density at radius 2 is 2.29 bits per heavy atom. The third-order valence-corrected chi connectivity index (χ3v) is 2.64. The van der Waals surface area contributed by atoms with Gasteiger partial charge >= 0.3 is 0 Å². The molecule has 0 aromatic rings. The normalized spacial score (nSPS) is 24.0. The lowest BCUT2D eigenvalue weighted by Gasteiger charge is -2.31. The molecular weight excluding hydrogens is 176 g/mol. The molecule has 3 nitrogen and oxygen atoms in total. The summed E-state index contributed by atoms with van der Waals surface area (Å²) in [5.74, 6) is 0. The first kappa shape index (κ1) is 12.0. The van der Waals surface area contributed by atoms with Crippen molar-refractivity contribution in [2.45, 2.75) is 32.8 Å².